The van der Waals surface area contributed by atoms with Crippen molar-refractivity contribution in [1.29, 1.82) is 0 Å². The summed E-state index contributed by atoms with van der Waals surface area (Å²) < 4.78 is 4.66. The Labute approximate surface area is 105 Å². The molecule has 0 spiro atoms. The summed E-state index contributed by atoms with van der Waals surface area (Å²) in [5, 5.41) is 0.545. The molecule has 7 heteroatoms. The van der Waals surface area contributed by atoms with E-state index < -0.39 is 0 Å². The molecule has 92 valence electrons. The maximum absolute atomic E-state index is 11.2. The Balaban J connectivity index is 0.00000225. The number of hydrogen-bond donors (Lipinski definition) is 1. The Morgan fingerprint density at radius 2 is 2.38 bits per heavy atom. The van der Waals surface area contributed by atoms with E-state index in [0.717, 1.165) is 4.88 Å². The molecule has 2 N–H and O–H groups in total. The average Bonchev–Trinajstić information content (AvgIpc) is 2.61. The summed E-state index contributed by atoms with van der Waals surface area (Å²) in [7, 11) is 3.24. The molecule has 5 nitrogen and oxygen atoms in total. The summed E-state index contributed by atoms with van der Waals surface area (Å²) in [4.78, 5) is 18.1. The molecule has 1 rings (SSSR count). The van der Waals surface area contributed by atoms with E-state index in [1.807, 2.05) is 11.9 Å². The largest absolute Gasteiger partial charge is 0.468 e. The number of carbonyl (C=O) groups excluding carboxylic acids is 1. The van der Waals surface area contributed by atoms with E-state index in [1.54, 1.807) is 13.1 Å². The van der Waals surface area contributed by atoms with Crippen LogP contribution in [0.4, 0.5) is 5.13 Å². The van der Waals surface area contributed by atoms with E-state index in [9.17, 15) is 4.79 Å². The molecule has 0 aliphatic carbocycles. The summed E-state index contributed by atoms with van der Waals surface area (Å²) in [6, 6.07) is -0.265. The zero-order valence-electron chi connectivity index (χ0n) is 9.47. The van der Waals surface area contributed by atoms with E-state index >= 15 is 0 Å². The first kappa shape index (κ1) is 15.2. The molecule has 0 fully saturated rings. The fourth-order valence-corrected chi connectivity index (χ4v) is 1.88. The normalized spacial score (nSPS) is 12.0. The molecule has 0 amide bonds. The molecule has 0 saturated carbocycles. The quantitative estimate of drug-likeness (QED) is 0.827. The fraction of sp³-hybridized carbons (Fsp3) is 0.556. The monoisotopic (exact) mass is 265 g/mol. The zero-order chi connectivity index (χ0) is 11.4. The van der Waals surface area contributed by atoms with Crippen molar-refractivity contribution in [3.05, 3.63) is 11.1 Å². The molecule has 0 radical (unpaired) electrons. The third-order valence-electron chi connectivity index (χ3n) is 2.18. The number of halogens is 1. The second-order valence-corrected chi connectivity index (χ2v) is 4.43. The molecule has 0 aliphatic heterocycles. The molecule has 0 bridgehead atoms. The lowest BCUT2D eigenvalue weighted by Gasteiger charge is -2.21. The molecule has 0 aliphatic rings. The Kier molecular flexibility index (Phi) is 6.32. The van der Waals surface area contributed by atoms with Crippen LogP contribution in [0.3, 0.4) is 0 Å². The summed E-state index contributed by atoms with van der Waals surface area (Å²) >= 11 is 1.43. The number of aromatic nitrogens is 1. The first-order valence-electron chi connectivity index (χ1n) is 4.53. The van der Waals surface area contributed by atoms with E-state index in [1.165, 1.54) is 18.4 Å². The van der Waals surface area contributed by atoms with Crippen molar-refractivity contribution < 1.29 is 9.53 Å². The van der Waals surface area contributed by atoms with Crippen molar-refractivity contribution in [2.75, 3.05) is 19.9 Å². The second-order valence-electron chi connectivity index (χ2n) is 3.28. The van der Waals surface area contributed by atoms with Gasteiger partial charge in [-0.05, 0) is 14.0 Å². The molecular weight excluding hydrogens is 250 g/mol. The van der Waals surface area contributed by atoms with E-state index in [2.05, 4.69) is 9.72 Å². The minimum atomic E-state index is -0.265. The number of nitrogens with two attached hydrogens (primary N) is 1. The number of nitrogens with zero attached hydrogens (tertiary/aromatic N) is 2. The molecule has 1 unspecified atom stereocenters. The summed E-state index contributed by atoms with van der Waals surface area (Å²) in [6.45, 7) is 2.45. The lowest BCUT2D eigenvalue weighted by atomic mass is 10.3. The van der Waals surface area contributed by atoms with Crippen LogP contribution in [0, 0.1) is 0 Å². The number of methoxy groups -OCH3 is 1. The van der Waals surface area contributed by atoms with Gasteiger partial charge in [0.1, 0.15) is 6.04 Å². The third-order valence-corrected chi connectivity index (χ3v) is 2.99. The number of ether oxygens (including phenoxy) is 1. The van der Waals surface area contributed by atoms with E-state index in [0.29, 0.717) is 11.7 Å². The number of thiazole rings is 1. The van der Waals surface area contributed by atoms with Gasteiger partial charge >= 0.3 is 5.97 Å². The number of nitrogen functional groups attached to an aromatic ring is 1. The van der Waals surface area contributed by atoms with Crippen molar-refractivity contribution in [1.82, 2.24) is 9.88 Å². The van der Waals surface area contributed by atoms with Crippen LogP contribution in [0.25, 0.3) is 0 Å². The van der Waals surface area contributed by atoms with Crippen molar-refractivity contribution in [3.63, 3.8) is 0 Å². The summed E-state index contributed by atoms with van der Waals surface area (Å²) in [5.74, 6) is -0.241. The average molecular weight is 266 g/mol. The van der Waals surface area contributed by atoms with Gasteiger partial charge in [0.2, 0.25) is 0 Å². The number of carbonyl (C=O) groups is 1. The Morgan fingerprint density at radius 1 is 1.75 bits per heavy atom. The standard InChI is InChI=1S/C9H15N3O2S.ClH/c1-6(8(13)14-3)12(2)5-7-4-11-9(10)15-7;/h4,6H,5H2,1-3H3,(H2,10,11);1H. The number of likely N-dealkylation sites (N-methyl/N-ethyl adjacent to an activating group) is 1. The highest BCUT2D eigenvalue weighted by Crippen LogP contribution is 2.16. The minimum absolute atomic E-state index is 0. The highest BCUT2D eigenvalue weighted by molar-refractivity contribution is 7.15. The first-order valence-corrected chi connectivity index (χ1v) is 5.34. The van der Waals surface area contributed by atoms with Gasteiger partial charge < -0.3 is 10.5 Å². The van der Waals surface area contributed by atoms with Crippen LogP contribution in [0.5, 0.6) is 0 Å². The van der Waals surface area contributed by atoms with Crippen LogP contribution in [0.15, 0.2) is 6.20 Å². The van der Waals surface area contributed by atoms with Crippen molar-refractivity contribution >= 4 is 34.8 Å². The van der Waals surface area contributed by atoms with Crippen LogP contribution in [-0.2, 0) is 16.1 Å². The number of rotatable bonds is 4. The van der Waals surface area contributed by atoms with Crippen LogP contribution < -0.4 is 5.73 Å². The van der Waals surface area contributed by atoms with Crippen molar-refractivity contribution in [2.45, 2.75) is 19.5 Å². The molecule has 0 aromatic carbocycles. The van der Waals surface area contributed by atoms with Crippen LogP contribution in [0.2, 0.25) is 0 Å². The predicted octanol–water partition coefficient (Wildman–Crippen LogP) is 1.14. The van der Waals surface area contributed by atoms with E-state index in [4.69, 9.17) is 5.73 Å². The Hall–Kier alpha value is -0.850. The molecule has 1 heterocycles. The number of hydrogen-bond acceptors (Lipinski definition) is 6. The predicted molar refractivity (Wildman–Crippen MR) is 66.7 cm³/mol. The van der Waals surface area contributed by atoms with Gasteiger partial charge in [0.25, 0.3) is 0 Å². The van der Waals surface area contributed by atoms with Crippen LogP contribution >= 0.6 is 23.7 Å². The van der Waals surface area contributed by atoms with Gasteiger partial charge in [0.15, 0.2) is 5.13 Å². The van der Waals surface area contributed by atoms with Crippen LogP contribution in [-0.4, -0.2) is 36.1 Å². The smallest absolute Gasteiger partial charge is 0.322 e. The summed E-state index contributed by atoms with van der Waals surface area (Å²) in [6.07, 6.45) is 1.72. The lowest BCUT2D eigenvalue weighted by Crippen LogP contribution is -2.36. The van der Waals surface area contributed by atoms with Crippen molar-refractivity contribution in [2.24, 2.45) is 0 Å². The molecule has 0 saturated heterocycles. The highest BCUT2D eigenvalue weighted by Gasteiger charge is 2.18. The SMILES string of the molecule is COC(=O)C(C)N(C)Cc1cnc(N)s1.Cl. The van der Waals surface area contributed by atoms with Gasteiger partial charge in [0, 0.05) is 17.6 Å². The molecule has 1 aromatic rings. The molecular formula is C9H16ClN3O2S. The molecule has 16 heavy (non-hydrogen) atoms. The van der Waals surface area contributed by atoms with Crippen molar-refractivity contribution in [3.8, 4) is 0 Å². The maximum Gasteiger partial charge on any atom is 0.322 e. The Bertz CT molecular complexity index is 345. The van der Waals surface area contributed by atoms with Gasteiger partial charge in [-0.2, -0.15) is 0 Å². The minimum Gasteiger partial charge on any atom is -0.468 e. The number of anilines is 1. The van der Waals surface area contributed by atoms with Gasteiger partial charge in [0.05, 0.1) is 7.11 Å². The van der Waals surface area contributed by atoms with Crippen LogP contribution in [0.1, 0.15) is 11.8 Å². The topological polar surface area (TPSA) is 68.5 Å². The second kappa shape index (κ2) is 6.67. The van der Waals surface area contributed by atoms with Gasteiger partial charge in [-0.25, -0.2) is 4.98 Å². The third kappa shape index (κ3) is 3.96. The van der Waals surface area contributed by atoms with Gasteiger partial charge in [-0.15, -0.1) is 23.7 Å². The molecule has 1 aromatic heterocycles. The first-order chi connectivity index (χ1) is 7.04. The number of esters is 1. The highest BCUT2D eigenvalue weighted by atomic mass is 35.5. The summed E-state index contributed by atoms with van der Waals surface area (Å²) in [5.41, 5.74) is 5.51. The van der Waals surface area contributed by atoms with Gasteiger partial charge in [-0.3, -0.25) is 9.69 Å². The Morgan fingerprint density at radius 3 is 2.81 bits per heavy atom. The lowest BCUT2D eigenvalue weighted by molar-refractivity contribution is -0.145. The van der Waals surface area contributed by atoms with E-state index in [-0.39, 0.29) is 24.4 Å². The maximum atomic E-state index is 11.2. The molecule has 1 atom stereocenters. The fourth-order valence-electron chi connectivity index (χ4n) is 1.13. The zero-order valence-corrected chi connectivity index (χ0v) is 11.1. The van der Waals surface area contributed by atoms with Gasteiger partial charge in [-0.1, -0.05) is 0 Å².